The van der Waals surface area contributed by atoms with Crippen LogP contribution < -0.4 is 5.56 Å². The van der Waals surface area contributed by atoms with Crippen molar-refractivity contribution in [3.8, 4) is 0 Å². The molecule has 2 aromatic heterocycles. The van der Waals surface area contributed by atoms with Crippen molar-refractivity contribution >= 4 is 17.5 Å². The molecule has 0 radical (unpaired) electrons. The minimum atomic E-state index is -0.408. The van der Waals surface area contributed by atoms with E-state index in [1.165, 1.54) is 12.3 Å². The Morgan fingerprint density at radius 2 is 2.35 bits per heavy atom. The van der Waals surface area contributed by atoms with Gasteiger partial charge in [-0.05, 0) is 12.5 Å². The molecule has 4 heterocycles. The van der Waals surface area contributed by atoms with E-state index in [-0.39, 0.29) is 23.1 Å². The second-order valence-electron chi connectivity index (χ2n) is 5.69. The largest absolute Gasteiger partial charge is 0.370 e. The molecule has 2 aromatic rings. The lowest BCUT2D eigenvalue weighted by Gasteiger charge is -2.41. The van der Waals surface area contributed by atoms with Crippen LogP contribution in [-0.4, -0.2) is 50.0 Å². The number of halogens is 1. The lowest BCUT2D eigenvalue weighted by molar-refractivity contribution is -0.0605. The molecule has 2 aliphatic heterocycles. The highest BCUT2D eigenvalue weighted by Crippen LogP contribution is 2.30. The summed E-state index contributed by atoms with van der Waals surface area (Å²) < 4.78 is 7.67. The van der Waals surface area contributed by atoms with Gasteiger partial charge < -0.3 is 14.6 Å². The van der Waals surface area contributed by atoms with Crippen molar-refractivity contribution in [3.05, 3.63) is 45.1 Å². The second kappa shape index (κ2) is 5.47. The van der Waals surface area contributed by atoms with Crippen LogP contribution >= 0.6 is 11.6 Å². The number of hydrogen-bond donors (Lipinski definition) is 1. The summed E-state index contributed by atoms with van der Waals surface area (Å²) in [6, 6.07) is 1.35. The first-order chi connectivity index (χ1) is 11.1. The molecular weight excluding hydrogens is 322 g/mol. The van der Waals surface area contributed by atoms with Gasteiger partial charge in [0.1, 0.15) is 5.02 Å². The van der Waals surface area contributed by atoms with Gasteiger partial charge in [0, 0.05) is 19.3 Å². The fraction of sp³-hybridized carbons (Fsp3) is 0.429. The number of nitrogens with one attached hydrogen (secondary N) is 1. The number of ether oxygens (including phenoxy) is 1. The standard InChI is InChI=1S/C14H14ClN5O3/c15-10-3-8(4-16-13(10)21)14(22)19-2-1-12-11(6-19)20-9(7-23-12)5-17-18-20/h3-5,11-12H,1-2,6-7H2,(H,16,21)/t11-,12+/m1/s1. The van der Waals surface area contributed by atoms with E-state index in [1.54, 1.807) is 11.1 Å². The van der Waals surface area contributed by atoms with Gasteiger partial charge in [-0.1, -0.05) is 16.8 Å². The zero-order valence-corrected chi connectivity index (χ0v) is 12.9. The van der Waals surface area contributed by atoms with Crippen molar-refractivity contribution < 1.29 is 9.53 Å². The zero-order valence-electron chi connectivity index (χ0n) is 12.1. The maximum Gasteiger partial charge on any atom is 0.266 e. The smallest absolute Gasteiger partial charge is 0.266 e. The van der Waals surface area contributed by atoms with Crippen LogP contribution in [0, 0.1) is 0 Å². The van der Waals surface area contributed by atoms with E-state index in [1.807, 2.05) is 4.68 Å². The van der Waals surface area contributed by atoms with E-state index in [0.29, 0.717) is 25.3 Å². The Labute approximate surface area is 136 Å². The molecule has 1 amide bonds. The Bertz CT molecular complexity index is 817. The van der Waals surface area contributed by atoms with Gasteiger partial charge in [0.2, 0.25) is 0 Å². The summed E-state index contributed by atoms with van der Waals surface area (Å²) in [6.45, 7) is 1.56. The molecule has 2 aliphatic rings. The van der Waals surface area contributed by atoms with Crippen LogP contribution in [0.25, 0.3) is 0 Å². The van der Waals surface area contributed by atoms with Gasteiger partial charge in [0.15, 0.2) is 0 Å². The summed E-state index contributed by atoms with van der Waals surface area (Å²) in [5, 5.41) is 8.03. The number of aromatic nitrogens is 4. The van der Waals surface area contributed by atoms with Gasteiger partial charge in [-0.3, -0.25) is 9.59 Å². The summed E-state index contributed by atoms with van der Waals surface area (Å²) in [5.74, 6) is -0.172. The average Bonchev–Trinajstić information content (AvgIpc) is 3.05. The minimum Gasteiger partial charge on any atom is -0.370 e. The summed E-state index contributed by atoms with van der Waals surface area (Å²) in [7, 11) is 0. The summed E-state index contributed by atoms with van der Waals surface area (Å²) >= 11 is 5.80. The number of piperidine rings is 1. The van der Waals surface area contributed by atoms with E-state index in [2.05, 4.69) is 15.3 Å². The highest BCUT2D eigenvalue weighted by atomic mass is 35.5. The molecule has 1 fully saturated rings. The highest BCUT2D eigenvalue weighted by Gasteiger charge is 2.38. The molecule has 9 heteroatoms. The molecular formula is C14H14ClN5O3. The van der Waals surface area contributed by atoms with Gasteiger partial charge in [0.25, 0.3) is 11.5 Å². The molecule has 1 saturated heterocycles. The Kier molecular flexibility index (Phi) is 3.42. The molecule has 0 aliphatic carbocycles. The number of rotatable bonds is 1. The fourth-order valence-corrected chi connectivity index (χ4v) is 3.30. The van der Waals surface area contributed by atoms with Crippen LogP contribution in [0.2, 0.25) is 5.02 Å². The number of amides is 1. The quantitative estimate of drug-likeness (QED) is 0.824. The Balaban J connectivity index is 1.58. The number of nitrogens with zero attached hydrogens (tertiary/aromatic N) is 4. The third-order valence-corrected chi connectivity index (χ3v) is 4.60. The number of pyridine rings is 1. The average molecular weight is 336 g/mol. The molecule has 0 spiro atoms. The SMILES string of the molecule is O=C(c1c[nH]c(=O)c(Cl)c1)N1CC[C@@H]2OCc3cnnn3[C@@H]2C1. The lowest BCUT2D eigenvalue weighted by Crippen LogP contribution is -2.50. The number of carbonyl (C=O) groups excluding carboxylic acids is 1. The van der Waals surface area contributed by atoms with Gasteiger partial charge in [-0.15, -0.1) is 5.10 Å². The highest BCUT2D eigenvalue weighted by molar-refractivity contribution is 6.30. The lowest BCUT2D eigenvalue weighted by atomic mass is 10.00. The normalized spacial score (nSPS) is 23.3. The first-order valence-electron chi connectivity index (χ1n) is 7.31. The van der Waals surface area contributed by atoms with E-state index in [9.17, 15) is 9.59 Å². The molecule has 2 atom stereocenters. The molecule has 23 heavy (non-hydrogen) atoms. The predicted octanol–water partition coefficient (Wildman–Crippen LogP) is 0.606. The number of aromatic amines is 1. The third kappa shape index (κ3) is 2.43. The number of likely N-dealkylation sites (tertiary alicyclic amines) is 1. The minimum absolute atomic E-state index is 0.00491. The second-order valence-corrected chi connectivity index (χ2v) is 6.10. The van der Waals surface area contributed by atoms with Gasteiger partial charge in [-0.2, -0.15) is 0 Å². The molecule has 8 nitrogen and oxygen atoms in total. The number of hydrogen-bond acceptors (Lipinski definition) is 5. The van der Waals surface area contributed by atoms with E-state index in [4.69, 9.17) is 16.3 Å². The molecule has 0 bridgehead atoms. The molecule has 0 aromatic carbocycles. The molecule has 120 valence electrons. The Hall–Kier alpha value is -2.19. The van der Waals surface area contributed by atoms with Crippen LogP contribution in [0.5, 0.6) is 0 Å². The van der Waals surface area contributed by atoms with E-state index in [0.717, 1.165) is 12.1 Å². The monoisotopic (exact) mass is 335 g/mol. The summed E-state index contributed by atoms with van der Waals surface area (Å²) in [4.78, 5) is 28.2. The number of fused-ring (bicyclic) bond motifs is 3. The fourth-order valence-electron chi connectivity index (χ4n) is 3.13. The van der Waals surface area contributed by atoms with Crippen molar-refractivity contribution in [2.24, 2.45) is 0 Å². The van der Waals surface area contributed by atoms with Crippen LogP contribution in [0.1, 0.15) is 28.5 Å². The molecule has 0 saturated carbocycles. The molecule has 4 rings (SSSR count). The topological polar surface area (TPSA) is 93.1 Å². The Morgan fingerprint density at radius 3 is 3.17 bits per heavy atom. The van der Waals surface area contributed by atoms with Crippen molar-refractivity contribution in [3.63, 3.8) is 0 Å². The number of carbonyl (C=O) groups is 1. The summed E-state index contributed by atoms with van der Waals surface area (Å²) in [5.41, 5.74) is 0.867. The Morgan fingerprint density at radius 1 is 1.48 bits per heavy atom. The van der Waals surface area contributed by atoms with Gasteiger partial charge in [0.05, 0.1) is 36.2 Å². The van der Waals surface area contributed by atoms with Crippen molar-refractivity contribution in [1.29, 1.82) is 0 Å². The first kappa shape index (κ1) is 14.4. The number of H-pyrrole nitrogens is 1. The zero-order chi connectivity index (χ0) is 16.0. The van der Waals surface area contributed by atoms with Crippen molar-refractivity contribution in [2.75, 3.05) is 13.1 Å². The summed E-state index contributed by atoms with van der Waals surface area (Å²) in [6.07, 6.45) is 3.83. The van der Waals surface area contributed by atoms with Crippen LogP contribution in [0.3, 0.4) is 0 Å². The van der Waals surface area contributed by atoms with Crippen molar-refractivity contribution in [2.45, 2.75) is 25.2 Å². The maximum atomic E-state index is 12.6. The van der Waals surface area contributed by atoms with Crippen LogP contribution in [0.15, 0.2) is 23.3 Å². The molecule has 0 unspecified atom stereocenters. The molecule has 1 N–H and O–H groups in total. The van der Waals surface area contributed by atoms with Crippen LogP contribution in [0.4, 0.5) is 0 Å². The first-order valence-corrected chi connectivity index (χ1v) is 7.69. The van der Waals surface area contributed by atoms with E-state index >= 15 is 0 Å². The van der Waals surface area contributed by atoms with Gasteiger partial charge >= 0.3 is 0 Å². The van der Waals surface area contributed by atoms with Gasteiger partial charge in [-0.25, -0.2) is 4.68 Å². The maximum absolute atomic E-state index is 12.6. The van der Waals surface area contributed by atoms with Crippen molar-refractivity contribution in [1.82, 2.24) is 24.9 Å². The van der Waals surface area contributed by atoms with E-state index < -0.39 is 5.56 Å². The predicted molar refractivity (Wildman–Crippen MR) is 80.2 cm³/mol. The van der Waals surface area contributed by atoms with Crippen LogP contribution in [-0.2, 0) is 11.3 Å². The third-order valence-electron chi connectivity index (χ3n) is 4.32.